The van der Waals surface area contributed by atoms with Gasteiger partial charge in [-0.05, 0) is 38.6 Å². The first-order chi connectivity index (χ1) is 8.38. The summed E-state index contributed by atoms with van der Waals surface area (Å²) in [6.45, 7) is 4.29. The molecule has 0 aliphatic heterocycles. The van der Waals surface area contributed by atoms with Gasteiger partial charge in [-0.15, -0.1) is 0 Å². The second-order valence-corrected chi connectivity index (χ2v) is 4.99. The number of rotatable bonds is 5. The van der Waals surface area contributed by atoms with Crippen molar-refractivity contribution in [2.45, 2.75) is 20.0 Å². The van der Waals surface area contributed by atoms with Gasteiger partial charge in [0.2, 0.25) is 5.91 Å². The molecule has 0 saturated carbocycles. The van der Waals surface area contributed by atoms with E-state index >= 15 is 0 Å². The number of carbonyl (C=O) groups excluding carboxylic acids is 1. The summed E-state index contributed by atoms with van der Waals surface area (Å²) < 4.78 is 0. The van der Waals surface area contributed by atoms with Crippen LogP contribution in [0.25, 0.3) is 0 Å². The summed E-state index contributed by atoms with van der Waals surface area (Å²) in [6, 6.07) is 5.37. The van der Waals surface area contributed by atoms with Crippen LogP contribution in [0.1, 0.15) is 12.5 Å². The molecule has 0 heterocycles. The minimum absolute atomic E-state index is 0.122. The molecule has 100 valence electrons. The lowest BCUT2D eigenvalue weighted by Crippen LogP contribution is -2.34. The van der Waals surface area contributed by atoms with Gasteiger partial charge in [-0.2, -0.15) is 0 Å². The molecule has 1 atom stereocenters. The van der Waals surface area contributed by atoms with Gasteiger partial charge in [0.25, 0.3) is 0 Å². The third-order valence-corrected chi connectivity index (χ3v) is 2.70. The molecule has 1 rings (SSSR count). The second kappa shape index (κ2) is 6.73. The summed E-state index contributed by atoms with van der Waals surface area (Å²) in [4.78, 5) is 13.6. The summed E-state index contributed by atoms with van der Waals surface area (Å²) in [5.74, 6) is -0.122. The summed E-state index contributed by atoms with van der Waals surface area (Å²) in [7, 11) is 1.79. The van der Waals surface area contributed by atoms with Crippen molar-refractivity contribution < 1.29 is 9.90 Å². The zero-order chi connectivity index (χ0) is 13.7. The number of likely N-dealkylation sites (N-methyl/N-ethyl adjacent to an activating group) is 1. The van der Waals surface area contributed by atoms with Gasteiger partial charge < -0.3 is 10.4 Å². The van der Waals surface area contributed by atoms with E-state index in [4.69, 9.17) is 11.6 Å². The number of amides is 1. The molecule has 0 aliphatic carbocycles. The van der Waals surface area contributed by atoms with Gasteiger partial charge in [0, 0.05) is 17.3 Å². The van der Waals surface area contributed by atoms with Crippen molar-refractivity contribution in [3.8, 4) is 0 Å². The molecule has 2 N–H and O–H groups in total. The lowest BCUT2D eigenvalue weighted by Gasteiger charge is -2.18. The predicted octanol–water partition coefficient (Wildman–Crippen LogP) is 1.90. The highest BCUT2D eigenvalue weighted by atomic mass is 35.5. The number of aryl methyl sites for hydroxylation is 1. The second-order valence-electron chi connectivity index (χ2n) is 4.55. The van der Waals surface area contributed by atoms with E-state index in [0.717, 1.165) is 11.3 Å². The van der Waals surface area contributed by atoms with Crippen molar-refractivity contribution in [3.63, 3.8) is 0 Å². The number of benzene rings is 1. The zero-order valence-electron chi connectivity index (χ0n) is 10.9. The van der Waals surface area contributed by atoms with Crippen LogP contribution in [-0.4, -0.2) is 42.2 Å². The third kappa shape index (κ3) is 5.04. The number of carbonyl (C=O) groups is 1. The van der Waals surface area contributed by atoms with Crippen molar-refractivity contribution in [1.29, 1.82) is 0 Å². The number of aliphatic hydroxyl groups is 1. The molecule has 5 heteroatoms. The average Bonchev–Trinajstić information content (AvgIpc) is 2.21. The Kier molecular flexibility index (Phi) is 5.59. The van der Waals surface area contributed by atoms with Crippen molar-refractivity contribution in [2.75, 3.05) is 25.5 Å². The zero-order valence-corrected chi connectivity index (χ0v) is 11.7. The first-order valence-corrected chi connectivity index (χ1v) is 6.19. The van der Waals surface area contributed by atoms with Gasteiger partial charge in [0.15, 0.2) is 0 Å². The van der Waals surface area contributed by atoms with Crippen molar-refractivity contribution in [3.05, 3.63) is 28.8 Å². The van der Waals surface area contributed by atoms with Crippen LogP contribution in [0.2, 0.25) is 5.02 Å². The number of aliphatic hydroxyl groups excluding tert-OH is 1. The molecular weight excluding hydrogens is 252 g/mol. The highest BCUT2D eigenvalue weighted by molar-refractivity contribution is 6.31. The molecule has 0 aromatic heterocycles. The molecule has 1 unspecified atom stereocenters. The number of hydrogen-bond acceptors (Lipinski definition) is 3. The maximum absolute atomic E-state index is 11.8. The Morgan fingerprint density at radius 2 is 2.22 bits per heavy atom. The molecule has 1 amide bonds. The Balaban J connectivity index is 2.56. The van der Waals surface area contributed by atoms with Crippen LogP contribution in [0.4, 0.5) is 5.69 Å². The Hall–Kier alpha value is -1.10. The van der Waals surface area contributed by atoms with Crippen LogP contribution in [0.3, 0.4) is 0 Å². The van der Waals surface area contributed by atoms with Crippen LogP contribution in [0.5, 0.6) is 0 Å². The molecule has 0 fully saturated rings. The molecular formula is C13H19ClN2O2. The highest BCUT2D eigenvalue weighted by Crippen LogP contribution is 2.19. The molecule has 1 aromatic carbocycles. The Labute approximate surface area is 113 Å². The number of nitrogens with one attached hydrogen (secondary N) is 1. The van der Waals surface area contributed by atoms with Crippen LogP contribution in [-0.2, 0) is 4.79 Å². The molecule has 0 radical (unpaired) electrons. The van der Waals surface area contributed by atoms with E-state index in [-0.39, 0.29) is 12.5 Å². The van der Waals surface area contributed by atoms with Crippen molar-refractivity contribution >= 4 is 23.2 Å². The SMILES string of the molecule is Cc1ccc(Cl)cc1NC(=O)CN(C)CC(C)O. The fourth-order valence-corrected chi connectivity index (χ4v) is 1.85. The van der Waals surface area contributed by atoms with Crippen LogP contribution < -0.4 is 5.32 Å². The molecule has 0 spiro atoms. The van der Waals surface area contributed by atoms with E-state index in [1.807, 2.05) is 13.0 Å². The molecule has 0 aliphatic rings. The predicted molar refractivity (Wildman–Crippen MR) is 74.0 cm³/mol. The fraction of sp³-hybridized carbons (Fsp3) is 0.462. The fourth-order valence-electron chi connectivity index (χ4n) is 1.68. The minimum atomic E-state index is -0.448. The maximum atomic E-state index is 11.8. The lowest BCUT2D eigenvalue weighted by atomic mass is 10.2. The summed E-state index contributed by atoms with van der Waals surface area (Å²) in [5, 5.41) is 12.6. The summed E-state index contributed by atoms with van der Waals surface area (Å²) in [5.41, 5.74) is 1.68. The van der Waals surface area contributed by atoms with Crippen LogP contribution >= 0.6 is 11.6 Å². The quantitative estimate of drug-likeness (QED) is 0.859. The number of halogens is 1. The minimum Gasteiger partial charge on any atom is -0.392 e. The van der Waals surface area contributed by atoms with E-state index in [1.165, 1.54) is 0 Å². The van der Waals surface area contributed by atoms with E-state index < -0.39 is 6.10 Å². The van der Waals surface area contributed by atoms with Gasteiger partial charge in [-0.3, -0.25) is 9.69 Å². The van der Waals surface area contributed by atoms with Crippen LogP contribution in [0, 0.1) is 6.92 Å². The Bertz CT molecular complexity index is 421. The van der Waals surface area contributed by atoms with Crippen molar-refractivity contribution in [2.24, 2.45) is 0 Å². The largest absolute Gasteiger partial charge is 0.392 e. The number of hydrogen-bond donors (Lipinski definition) is 2. The molecule has 0 bridgehead atoms. The smallest absolute Gasteiger partial charge is 0.238 e. The molecule has 18 heavy (non-hydrogen) atoms. The Morgan fingerprint density at radius 1 is 1.56 bits per heavy atom. The van der Waals surface area contributed by atoms with Crippen LogP contribution in [0.15, 0.2) is 18.2 Å². The van der Waals surface area contributed by atoms with E-state index in [9.17, 15) is 9.90 Å². The molecule has 4 nitrogen and oxygen atoms in total. The highest BCUT2D eigenvalue weighted by Gasteiger charge is 2.10. The normalized spacial score (nSPS) is 12.6. The van der Waals surface area contributed by atoms with E-state index in [1.54, 1.807) is 31.0 Å². The Morgan fingerprint density at radius 3 is 2.83 bits per heavy atom. The van der Waals surface area contributed by atoms with E-state index in [2.05, 4.69) is 5.32 Å². The first-order valence-electron chi connectivity index (χ1n) is 5.81. The topological polar surface area (TPSA) is 52.6 Å². The number of anilines is 1. The standard InChI is InChI=1S/C13H19ClN2O2/c1-9-4-5-11(14)6-12(9)15-13(18)8-16(3)7-10(2)17/h4-6,10,17H,7-8H2,1-3H3,(H,15,18). The van der Waals surface area contributed by atoms with Gasteiger partial charge in [0.05, 0.1) is 12.6 Å². The van der Waals surface area contributed by atoms with Crippen molar-refractivity contribution in [1.82, 2.24) is 4.90 Å². The third-order valence-electron chi connectivity index (χ3n) is 2.46. The molecule has 0 saturated heterocycles. The monoisotopic (exact) mass is 270 g/mol. The maximum Gasteiger partial charge on any atom is 0.238 e. The average molecular weight is 271 g/mol. The van der Waals surface area contributed by atoms with E-state index in [0.29, 0.717) is 11.6 Å². The first kappa shape index (κ1) is 15.0. The molecule has 1 aromatic rings. The summed E-state index contributed by atoms with van der Waals surface area (Å²) in [6.07, 6.45) is -0.448. The van der Waals surface area contributed by atoms with Gasteiger partial charge in [-0.25, -0.2) is 0 Å². The van der Waals surface area contributed by atoms with Gasteiger partial charge >= 0.3 is 0 Å². The summed E-state index contributed by atoms with van der Waals surface area (Å²) >= 11 is 5.88. The lowest BCUT2D eigenvalue weighted by molar-refractivity contribution is -0.117. The van der Waals surface area contributed by atoms with Gasteiger partial charge in [-0.1, -0.05) is 17.7 Å². The number of nitrogens with zero attached hydrogens (tertiary/aromatic N) is 1. The van der Waals surface area contributed by atoms with Gasteiger partial charge in [0.1, 0.15) is 0 Å².